The molecule has 1 N–H and O–H groups in total. The molecule has 8 rings (SSSR count). The molecule has 2 aromatic carbocycles. The summed E-state index contributed by atoms with van der Waals surface area (Å²) in [6.07, 6.45) is -2.29. The van der Waals surface area contributed by atoms with Crippen molar-refractivity contribution >= 4 is 28.6 Å². The van der Waals surface area contributed by atoms with E-state index in [1.807, 2.05) is 29.2 Å². The molecular weight excluding hydrogens is 864 g/mol. The molecule has 0 unspecified atom stereocenters. The number of amides is 1. The number of hydrogen-bond acceptors (Lipinski definition) is 12. The van der Waals surface area contributed by atoms with Crippen molar-refractivity contribution in [3.63, 3.8) is 0 Å². The number of halogens is 5. The predicted molar refractivity (Wildman–Crippen MR) is 239 cm³/mol. The number of hydrogen-bond donors (Lipinski definition) is 1. The van der Waals surface area contributed by atoms with Crippen LogP contribution in [0.2, 0.25) is 0 Å². The minimum Gasteiger partial charge on any atom is -0.497 e. The molecule has 3 atom stereocenters. The maximum atomic E-state index is 17.6. The van der Waals surface area contributed by atoms with Gasteiger partial charge in [-0.25, -0.2) is 18.6 Å². The van der Waals surface area contributed by atoms with Crippen molar-refractivity contribution in [3.05, 3.63) is 88.9 Å². The first kappa shape index (κ1) is 46.5. The number of alkyl carbamates (subject to hydrolysis) is 1. The Morgan fingerprint density at radius 1 is 0.909 bits per heavy atom. The zero-order chi connectivity index (χ0) is 47.0. The Morgan fingerprint density at radius 2 is 1.58 bits per heavy atom. The van der Waals surface area contributed by atoms with Crippen molar-refractivity contribution in [2.24, 2.45) is 0 Å². The van der Waals surface area contributed by atoms with E-state index in [-0.39, 0.29) is 79.4 Å². The number of nitrogens with zero attached hydrogens (tertiary/aromatic N) is 7. The van der Waals surface area contributed by atoms with Gasteiger partial charge in [-0.3, -0.25) is 9.88 Å². The Balaban J connectivity index is 1.23. The highest BCUT2D eigenvalue weighted by molar-refractivity contribution is 5.92. The third-order valence-electron chi connectivity index (χ3n) is 12.4. The highest BCUT2D eigenvalue weighted by Crippen LogP contribution is 2.43. The van der Waals surface area contributed by atoms with Gasteiger partial charge in [0.2, 0.25) is 0 Å². The number of methoxy groups -OCH3 is 2. The maximum absolute atomic E-state index is 17.6. The van der Waals surface area contributed by atoms with Gasteiger partial charge in [0.15, 0.2) is 5.82 Å². The number of fused-ring (bicyclic) bond motifs is 2. The van der Waals surface area contributed by atoms with Crippen molar-refractivity contribution in [1.29, 1.82) is 0 Å². The van der Waals surface area contributed by atoms with Gasteiger partial charge in [-0.05, 0) is 107 Å². The molecular formula is C48H55F5N8O5. The Bertz CT molecular complexity index is 2490. The number of rotatable bonds is 13. The second-order valence-electron chi connectivity index (χ2n) is 18.4. The molecule has 6 heterocycles. The van der Waals surface area contributed by atoms with Crippen molar-refractivity contribution in [2.75, 3.05) is 56.8 Å². The quantitative estimate of drug-likeness (QED) is 0.113. The maximum Gasteiger partial charge on any atom is 0.418 e. The summed E-state index contributed by atoms with van der Waals surface area (Å²) in [7, 11) is 3.11. The van der Waals surface area contributed by atoms with Gasteiger partial charge in [0.05, 0.1) is 30.7 Å². The standard InChI is InChI=1S/C48H55F5N8O5/c1-29-21-37(60(24-30-10-14-34(63-5)15-11-30)25-31-12-16-35(64-6)17-13-31)56-41(38(29)48(51,52)53)42-39(50)40-36(23-54-42)43(59-19-7-9-33(27-59)55-45(62)66-46(2,3)4)58-44(57-40)65-28-47-18-8-20-61(47)26-32(49)22-47/h10-17,21,23,32-33H,7-9,18-20,22,24-28H2,1-6H3,(H,55,62)/t32-,33+,47+/m1/s1. The summed E-state index contributed by atoms with van der Waals surface area (Å²) < 4.78 is 100. The molecule has 5 aromatic rings. The number of aryl methyl sites for hydroxylation is 1. The molecule has 3 aromatic heterocycles. The molecule has 66 heavy (non-hydrogen) atoms. The van der Waals surface area contributed by atoms with Crippen molar-refractivity contribution < 1.29 is 45.7 Å². The molecule has 0 radical (unpaired) electrons. The van der Waals surface area contributed by atoms with Crippen LogP contribution < -0.4 is 29.3 Å². The van der Waals surface area contributed by atoms with Gasteiger partial charge in [-0.1, -0.05) is 24.3 Å². The predicted octanol–water partition coefficient (Wildman–Crippen LogP) is 9.23. The number of ether oxygens (including phenoxy) is 4. The molecule has 0 saturated carbocycles. The smallest absolute Gasteiger partial charge is 0.418 e. The van der Waals surface area contributed by atoms with E-state index in [0.717, 1.165) is 17.5 Å². The zero-order valence-corrected chi connectivity index (χ0v) is 38.0. The van der Waals surface area contributed by atoms with Gasteiger partial charge >= 0.3 is 18.3 Å². The first-order valence-electron chi connectivity index (χ1n) is 22.1. The van der Waals surface area contributed by atoms with E-state index in [0.29, 0.717) is 43.9 Å². The number of pyridine rings is 2. The number of carbonyl (C=O) groups excluding carboxylic acids is 1. The summed E-state index contributed by atoms with van der Waals surface area (Å²) in [5, 5.41) is 3.03. The number of piperidine rings is 1. The summed E-state index contributed by atoms with van der Waals surface area (Å²) in [6, 6.07) is 15.3. The molecule has 352 valence electrons. The number of alkyl halides is 4. The van der Waals surface area contributed by atoms with E-state index in [4.69, 9.17) is 23.9 Å². The van der Waals surface area contributed by atoms with Gasteiger partial charge in [0.25, 0.3) is 0 Å². The fourth-order valence-corrected chi connectivity index (χ4v) is 9.37. The van der Waals surface area contributed by atoms with E-state index >= 15 is 17.6 Å². The van der Waals surface area contributed by atoms with Crippen LogP contribution >= 0.6 is 0 Å². The second-order valence-corrected chi connectivity index (χ2v) is 18.4. The van der Waals surface area contributed by atoms with Crippen LogP contribution in [0.1, 0.15) is 75.1 Å². The lowest BCUT2D eigenvalue weighted by atomic mass is 9.95. The number of nitrogens with one attached hydrogen (secondary N) is 1. The van der Waals surface area contributed by atoms with Crippen LogP contribution in [0.3, 0.4) is 0 Å². The SMILES string of the molecule is COc1ccc(CN(Cc2ccc(OC)cc2)c2cc(C)c(C(F)(F)F)c(-c3ncc4c(N5CCC[C@H](NC(=O)OC(C)(C)C)C5)nc(OC[C@@]56CCCN5C[C@H](F)C6)nc4c3F)n2)cc1. The number of carbonyl (C=O) groups is 1. The number of anilines is 2. The fraction of sp³-hybridized carbons (Fsp3) is 0.479. The van der Waals surface area contributed by atoms with Crippen LogP contribution in [-0.4, -0.2) is 101 Å². The van der Waals surface area contributed by atoms with Crippen LogP contribution in [0.4, 0.5) is 38.4 Å². The highest BCUT2D eigenvalue weighted by Gasteiger charge is 2.49. The normalized spacial score (nSPS) is 20.0. The van der Waals surface area contributed by atoms with E-state index in [2.05, 4.69) is 25.2 Å². The van der Waals surface area contributed by atoms with Crippen LogP contribution in [0.5, 0.6) is 17.5 Å². The van der Waals surface area contributed by atoms with Crippen LogP contribution in [0.25, 0.3) is 22.3 Å². The Kier molecular flexibility index (Phi) is 13.2. The lowest BCUT2D eigenvalue weighted by Crippen LogP contribution is -2.49. The first-order valence-corrected chi connectivity index (χ1v) is 22.1. The van der Waals surface area contributed by atoms with E-state index in [1.165, 1.54) is 19.2 Å². The Morgan fingerprint density at radius 3 is 2.20 bits per heavy atom. The van der Waals surface area contributed by atoms with Gasteiger partial charge in [0, 0.05) is 51.4 Å². The summed E-state index contributed by atoms with van der Waals surface area (Å²) >= 11 is 0. The fourth-order valence-electron chi connectivity index (χ4n) is 9.37. The average Bonchev–Trinajstić information content (AvgIpc) is 3.80. The first-order chi connectivity index (χ1) is 31.4. The molecule has 3 fully saturated rings. The third-order valence-corrected chi connectivity index (χ3v) is 12.4. The van der Waals surface area contributed by atoms with Gasteiger partial charge in [-0.2, -0.15) is 23.1 Å². The molecule has 0 spiro atoms. The Labute approximate surface area is 380 Å². The second kappa shape index (κ2) is 18.7. The molecule has 13 nitrogen and oxygen atoms in total. The molecule has 0 aliphatic carbocycles. The minimum atomic E-state index is -4.96. The number of benzene rings is 2. The highest BCUT2D eigenvalue weighted by atomic mass is 19.4. The number of aromatic nitrogens is 4. The molecule has 3 saturated heterocycles. The summed E-state index contributed by atoms with van der Waals surface area (Å²) in [5.41, 5.74) is -2.73. The minimum absolute atomic E-state index is 0.0278. The van der Waals surface area contributed by atoms with Gasteiger partial charge < -0.3 is 34.1 Å². The topological polar surface area (TPSA) is 127 Å². The lowest BCUT2D eigenvalue weighted by Gasteiger charge is -2.35. The zero-order valence-electron chi connectivity index (χ0n) is 38.0. The summed E-state index contributed by atoms with van der Waals surface area (Å²) in [6.45, 7) is 8.76. The van der Waals surface area contributed by atoms with Crippen LogP contribution in [-0.2, 0) is 24.0 Å². The summed E-state index contributed by atoms with van der Waals surface area (Å²) in [4.78, 5) is 36.8. The molecule has 1 amide bonds. The van der Waals surface area contributed by atoms with Crippen molar-refractivity contribution in [2.45, 2.75) is 102 Å². The monoisotopic (exact) mass is 918 g/mol. The van der Waals surface area contributed by atoms with Gasteiger partial charge in [0.1, 0.15) is 58.4 Å². The average molecular weight is 919 g/mol. The summed E-state index contributed by atoms with van der Waals surface area (Å²) in [5.74, 6) is 0.482. The Hall–Kier alpha value is -6.04. The van der Waals surface area contributed by atoms with Crippen LogP contribution in [0, 0.1) is 12.7 Å². The largest absolute Gasteiger partial charge is 0.497 e. The van der Waals surface area contributed by atoms with Crippen molar-refractivity contribution in [1.82, 2.24) is 30.2 Å². The van der Waals surface area contributed by atoms with E-state index in [1.54, 1.807) is 64.2 Å². The van der Waals surface area contributed by atoms with Crippen LogP contribution in [0.15, 0.2) is 60.8 Å². The molecule has 0 bridgehead atoms. The van der Waals surface area contributed by atoms with Gasteiger partial charge in [-0.15, -0.1) is 0 Å². The van der Waals surface area contributed by atoms with Crippen molar-refractivity contribution in [3.8, 4) is 28.9 Å². The lowest BCUT2D eigenvalue weighted by molar-refractivity contribution is -0.137. The molecule has 3 aliphatic rings. The molecule has 3 aliphatic heterocycles. The van der Waals surface area contributed by atoms with E-state index < -0.39 is 52.3 Å². The molecule has 18 heteroatoms. The third kappa shape index (κ3) is 10.2. The van der Waals surface area contributed by atoms with E-state index in [9.17, 15) is 9.18 Å².